The van der Waals surface area contributed by atoms with Gasteiger partial charge < -0.3 is 16.4 Å². The van der Waals surface area contributed by atoms with E-state index in [1.165, 1.54) is 0 Å². The summed E-state index contributed by atoms with van der Waals surface area (Å²) in [5.41, 5.74) is 13.9. The highest BCUT2D eigenvalue weighted by atomic mass is 16.1. The van der Waals surface area contributed by atoms with Crippen LogP contribution < -0.4 is 16.4 Å². The van der Waals surface area contributed by atoms with Crippen molar-refractivity contribution < 1.29 is 9.59 Å². The molecule has 2 aliphatic rings. The zero-order valence-corrected chi connectivity index (χ0v) is 18.5. The fourth-order valence-electron chi connectivity index (χ4n) is 5.03. The summed E-state index contributed by atoms with van der Waals surface area (Å²) in [6.45, 7) is 4.75. The Morgan fingerprint density at radius 2 is 1.53 bits per heavy atom. The Labute approximate surface area is 188 Å². The molecule has 1 aliphatic heterocycles. The van der Waals surface area contributed by atoms with Crippen LogP contribution >= 0.6 is 0 Å². The van der Waals surface area contributed by atoms with Crippen LogP contribution in [-0.2, 0) is 27.8 Å². The van der Waals surface area contributed by atoms with Crippen molar-refractivity contribution in [3.05, 3.63) is 58.7 Å². The number of fused-ring (bicyclic) bond motifs is 2. The molecule has 0 radical (unpaired) electrons. The van der Waals surface area contributed by atoms with E-state index in [4.69, 9.17) is 10.8 Å². The van der Waals surface area contributed by atoms with Gasteiger partial charge in [-0.05, 0) is 78.2 Å². The van der Waals surface area contributed by atoms with E-state index in [2.05, 4.69) is 41.7 Å². The van der Waals surface area contributed by atoms with Gasteiger partial charge in [0.25, 0.3) is 0 Å². The lowest BCUT2D eigenvalue weighted by molar-refractivity contribution is -0.106. The van der Waals surface area contributed by atoms with Crippen LogP contribution in [0.5, 0.6) is 0 Å². The summed E-state index contributed by atoms with van der Waals surface area (Å²) in [7, 11) is 0. The molecule has 0 aromatic heterocycles. The third-order valence-corrected chi connectivity index (χ3v) is 6.57. The molecule has 7 heteroatoms. The molecule has 0 bridgehead atoms. The van der Waals surface area contributed by atoms with E-state index >= 15 is 0 Å². The number of carbonyl (C=O) groups excluding carboxylic acids is 2. The van der Waals surface area contributed by atoms with Gasteiger partial charge in [0.05, 0.1) is 11.1 Å². The number of rotatable bonds is 8. The topological polar surface area (TPSA) is 109 Å². The Hall–Kier alpha value is -3.32. The second-order valence-electron chi connectivity index (χ2n) is 8.68. The quantitative estimate of drug-likeness (QED) is 0.557. The second kappa shape index (κ2) is 9.04. The van der Waals surface area contributed by atoms with Gasteiger partial charge in [0.1, 0.15) is 0 Å². The van der Waals surface area contributed by atoms with Gasteiger partial charge in [0.2, 0.25) is 12.8 Å². The van der Waals surface area contributed by atoms with Gasteiger partial charge in [-0.2, -0.15) is 10.2 Å². The Morgan fingerprint density at radius 1 is 0.969 bits per heavy atom. The Bertz CT molecular complexity index is 1040. The van der Waals surface area contributed by atoms with Crippen LogP contribution in [0, 0.1) is 5.92 Å². The molecule has 4 N–H and O–H groups in total. The SMILES string of the molecule is CC(C)C1=NN=C(C2(CCN)c3ccc(NC=O)cc3CCc3cc(NC=O)ccc32)C1. The van der Waals surface area contributed by atoms with Gasteiger partial charge in [-0.1, -0.05) is 26.0 Å². The third-order valence-electron chi connectivity index (χ3n) is 6.57. The summed E-state index contributed by atoms with van der Waals surface area (Å²) in [6, 6.07) is 12.2. The minimum Gasteiger partial charge on any atom is -0.330 e. The summed E-state index contributed by atoms with van der Waals surface area (Å²) >= 11 is 0. The van der Waals surface area contributed by atoms with E-state index in [0.29, 0.717) is 38.1 Å². The van der Waals surface area contributed by atoms with E-state index in [0.717, 1.165) is 57.9 Å². The molecule has 166 valence electrons. The van der Waals surface area contributed by atoms with Crippen LogP contribution in [0.3, 0.4) is 0 Å². The highest BCUT2D eigenvalue weighted by Crippen LogP contribution is 2.46. The highest BCUT2D eigenvalue weighted by Gasteiger charge is 2.45. The van der Waals surface area contributed by atoms with Crippen molar-refractivity contribution in [1.82, 2.24) is 0 Å². The first-order chi connectivity index (χ1) is 15.5. The van der Waals surface area contributed by atoms with Gasteiger partial charge in [0.15, 0.2) is 0 Å². The number of nitrogens with one attached hydrogen (secondary N) is 2. The highest BCUT2D eigenvalue weighted by molar-refractivity contribution is 6.14. The van der Waals surface area contributed by atoms with Crippen molar-refractivity contribution in [1.29, 1.82) is 0 Å². The number of anilines is 2. The lowest BCUT2D eigenvalue weighted by Crippen LogP contribution is -2.40. The Balaban J connectivity index is 1.95. The first kappa shape index (κ1) is 21.9. The van der Waals surface area contributed by atoms with Crippen molar-refractivity contribution in [2.75, 3.05) is 17.2 Å². The number of amides is 2. The number of nitrogens with zero attached hydrogens (tertiary/aromatic N) is 2. The minimum absolute atomic E-state index is 0.314. The van der Waals surface area contributed by atoms with Crippen LogP contribution in [0.4, 0.5) is 11.4 Å². The maximum Gasteiger partial charge on any atom is 0.211 e. The smallest absolute Gasteiger partial charge is 0.211 e. The van der Waals surface area contributed by atoms with E-state index in [9.17, 15) is 9.59 Å². The van der Waals surface area contributed by atoms with Crippen molar-refractivity contribution in [2.45, 2.75) is 44.9 Å². The number of carbonyl (C=O) groups is 2. The first-order valence-electron chi connectivity index (χ1n) is 11.0. The number of benzene rings is 2. The molecular weight excluding hydrogens is 402 g/mol. The fourth-order valence-corrected chi connectivity index (χ4v) is 5.03. The fraction of sp³-hybridized carbons (Fsp3) is 0.360. The van der Waals surface area contributed by atoms with Crippen LogP contribution in [0.15, 0.2) is 46.6 Å². The molecule has 2 amide bonds. The maximum atomic E-state index is 11.0. The molecule has 4 rings (SSSR count). The zero-order chi connectivity index (χ0) is 22.7. The zero-order valence-electron chi connectivity index (χ0n) is 18.5. The Morgan fingerprint density at radius 3 is 1.97 bits per heavy atom. The van der Waals surface area contributed by atoms with Gasteiger partial charge in [0, 0.05) is 23.5 Å². The van der Waals surface area contributed by atoms with Crippen molar-refractivity contribution in [2.24, 2.45) is 21.9 Å². The molecule has 0 atom stereocenters. The van der Waals surface area contributed by atoms with Gasteiger partial charge >= 0.3 is 0 Å². The molecule has 1 heterocycles. The lowest BCUT2D eigenvalue weighted by atomic mass is 9.65. The molecular formula is C25H29N5O2. The van der Waals surface area contributed by atoms with Crippen LogP contribution in [0.25, 0.3) is 0 Å². The standard InChI is InChI=1S/C25H29N5O2/c1-16(2)23-13-24(30-29-23)25(9-10-26)21-7-5-19(27-14-31)11-17(21)3-4-18-12-20(28-15-32)6-8-22(18)25/h5-8,11-12,14-16H,3-4,9-10,13,26H2,1-2H3,(H,27,31)(H,28,32). The Kier molecular flexibility index (Phi) is 6.19. The van der Waals surface area contributed by atoms with Crippen molar-refractivity contribution in [3.8, 4) is 0 Å². The molecule has 0 spiro atoms. The van der Waals surface area contributed by atoms with E-state index < -0.39 is 5.41 Å². The summed E-state index contributed by atoms with van der Waals surface area (Å²) in [5.74, 6) is 0.314. The molecule has 0 saturated heterocycles. The maximum absolute atomic E-state index is 11.0. The molecule has 7 nitrogen and oxygen atoms in total. The molecule has 0 fully saturated rings. The number of hydrogen-bond donors (Lipinski definition) is 3. The van der Waals surface area contributed by atoms with E-state index in [1.54, 1.807) is 0 Å². The number of aryl methyl sites for hydroxylation is 2. The van der Waals surface area contributed by atoms with Crippen LogP contribution in [0.1, 0.15) is 48.9 Å². The second-order valence-corrected chi connectivity index (χ2v) is 8.68. The third kappa shape index (κ3) is 3.73. The molecule has 2 aromatic carbocycles. The number of nitrogens with two attached hydrogens (primary N) is 1. The van der Waals surface area contributed by atoms with Gasteiger partial charge in [-0.25, -0.2) is 0 Å². The van der Waals surface area contributed by atoms with Crippen molar-refractivity contribution >= 4 is 35.6 Å². The average molecular weight is 432 g/mol. The molecule has 0 unspecified atom stereocenters. The average Bonchev–Trinajstić information content (AvgIpc) is 3.24. The summed E-state index contributed by atoms with van der Waals surface area (Å²) in [4.78, 5) is 22.1. The van der Waals surface area contributed by atoms with Crippen molar-refractivity contribution in [3.63, 3.8) is 0 Å². The van der Waals surface area contributed by atoms with Crippen LogP contribution in [-0.4, -0.2) is 30.8 Å². The monoisotopic (exact) mass is 431 g/mol. The largest absolute Gasteiger partial charge is 0.330 e. The van der Waals surface area contributed by atoms with E-state index in [1.807, 2.05) is 24.3 Å². The normalized spacial score (nSPS) is 16.4. The molecule has 32 heavy (non-hydrogen) atoms. The van der Waals surface area contributed by atoms with Crippen LogP contribution in [0.2, 0.25) is 0 Å². The molecule has 0 saturated carbocycles. The van der Waals surface area contributed by atoms with E-state index in [-0.39, 0.29) is 0 Å². The molecule has 2 aromatic rings. The lowest BCUT2D eigenvalue weighted by Gasteiger charge is -2.37. The predicted molar refractivity (Wildman–Crippen MR) is 128 cm³/mol. The summed E-state index contributed by atoms with van der Waals surface area (Å²) in [5, 5.41) is 14.8. The number of hydrogen-bond acceptors (Lipinski definition) is 5. The van der Waals surface area contributed by atoms with Gasteiger partial charge in [-0.3, -0.25) is 9.59 Å². The predicted octanol–water partition coefficient (Wildman–Crippen LogP) is 3.41. The summed E-state index contributed by atoms with van der Waals surface area (Å²) < 4.78 is 0. The minimum atomic E-state index is -0.518. The summed E-state index contributed by atoms with van der Waals surface area (Å²) in [6.07, 6.45) is 4.40. The molecule has 1 aliphatic carbocycles. The van der Waals surface area contributed by atoms with Gasteiger partial charge in [-0.15, -0.1) is 0 Å². The first-order valence-corrected chi connectivity index (χ1v) is 11.0.